The minimum Gasteiger partial charge on any atom is -0.478 e. The molecule has 0 radical (unpaired) electrons. The quantitative estimate of drug-likeness (QED) is 0.345. The third-order valence-electron chi connectivity index (χ3n) is 4.35. The predicted molar refractivity (Wildman–Crippen MR) is 121 cm³/mol. The van der Waals surface area contributed by atoms with E-state index in [1.165, 1.54) is 0 Å². The maximum Gasteiger partial charge on any atom is 0.336 e. The third kappa shape index (κ3) is 5.00. The number of aromatic carboxylic acids is 2. The SMILES string of the molecule is O=C(O)c1c(P)ccc2ccccc12.O=C(O)c1c(P)ccc2ccccc12.[Ni]. The molecule has 0 aliphatic heterocycles. The number of hydrogen-bond donors (Lipinski definition) is 2. The van der Waals surface area contributed by atoms with E-state index >= 15 is 0 Å². The Bertz CT molecular complexity index is 1110. The molecule has 0 saturated carbocycles. The molecule has 4 aromatic rings. The van der Waals surface area contributed by atoms with Crippen molar-refractivity contribution in [2.45, 2.75) is 0 Å². The van der Waals surface area contributed by atoms with Gasteiger partial charge in [0.05, 0.1) is 11.1 Å². The van der Waals surface area contributed by atoms with Gasteiger partial charge >= 0.3 is 11.9 Å². The van der Waals surface area contributed by atoms with Gasteiger partial charge in [0, 0.05) is 16.5 Å². The Kier molecular flexibility index (Phi) is 7.88. The van der Waals surface area contributed by atoms with Crippen LogP contribution in [-0.2, 0) is 16.5 Å². The molecule has 0 heterocycles. The first kappa shape index (κ1) is 23.0. The summed E-state index contributed by atoms with van der Waals surface area (Å²) in [6.45, 7) is 0. The van der Waals surface area contributed by atoms with Crippen LogP contribution in [0, 0.1) is 0 Å². The van der Waals surface area contributed by atoms with E-state index in [0.29, 0.717) is 11.1 Å². The summed E-state index contributed by atoms with van der Waals surface area (Å²) < 4.78 is 0. The van der Waals surface area contributed by atoms with E-state index in [0.717, 1.165) is 32.2 Å². The van der Waals surface area contributed by atoms with Crippen molar-refractivity contribution in [1.29, 1.82) is 0 Å². The van der Waals surface area contributed by atoms with Crippen molar-refractivity contribution in [3.05, 3.63) is 83.9 Å². The van der Waals surface area contributed by atoms with Crippen molar-refractivity contribution in [1.82, 2.24) is 0 Å². The Morgan fingerprint density at radius 3 is 1.28 bits per heavy atom. The number of carboxylic acids is 2. The summed E-state index contributed by atoms with van der Waals surface area (Å²) in [5.74, 6) is -1.77. The summed E-state index contributed by atoms with van der Waals surface area (Å²) in [5, 5.41) is 23.0. The van der Waals surface area contributed by atoms with Gasteiger partial charge in [0.1, 0.15) is 0 Å². The Balaban J connectivity index is 0.000000200. The topological polar surface area (TPSA) is 74.6 Å². The summed E-state index contributed by atoms with van der Waals surface area (Å²) in [4.78, 5) is 22.0. The van der Waals surface area contributed by atoms with E-state index in [4.69, 9.17) is 10.2 Å². The molecule has 4 nitrogen and oxygen atoms in total. The van der Waals surface area contributed by atoms with Crippen LogP contribution >= 0.6 is 18.5 Å². The van der Waals surface area contributed by atoms with E-state index in [1.807, 2.05) is 60.7 Å². The second kappa shape index (κ2) is 9.94. The molecule has 150 valence electrons. The minimum atomic E-state index is -0.883. The maximum absolute atomic E-state index is 11.0. The van der Waals surface area contributed by atoms with Gasteiger partial charge in [-0.25, -0.2) is 9.59 Å². The van der Waals surface area contributed by atoms with Crippen LogP contribution in [0.25, 0.3) is 21.5 Å². The van der Waals surface area contributed by atoms with Crippen LogP contribution in [0.3, 0.4) is 0 Å². The van der Waals surface area contributed by atoms with Crippen molar-refractivity contribution in [3.8, 4) is 0 Å². The first-order valence-electron chi connectivity index (χ1n) is 8.41. The largest absolute Gasteiger partial charge is 0.478 e. The maximum atomic E-state index is 11.0. The molecule has 2 atom stereocenters. The summed E-state index contributed by atoms with van der Waals surface area (Å²) in [7, 11) is 4.89. The van der Waals surface area contributed by atoms with Gasteiger partial charge in [0.25, 0.3) is 0 Å². The molecule has 0 fully saturated rings. The minimum absolute atomic E-state index is 0. The second-order valence-corrected chi connectivity index (χ2v) is 7.36. The van der Waals surface area contributed by atoms with Crippen LogP contribution < -0.4 is 10.6 Å². The van der Waals surface area contributed by atoms with E-state index < -0.39 is 11.9 Å². The molecular weight excluding hydrogens is 449 g/mol. The van der Waals surface area contributed by atoms with Gasteiger partial charge in [-0.05, 0) is 32.2 Å². The van der Waals surface area contributed by atoms with Crippen LogP contribution in [-0.4, -0.2) is 22.2 Å². The van der Waals surface area contributed by atoms with Gasteiger partial charge < -0.3 is 10.2 Å². The molecule has 0 bridgehead atoms. The molecule has 4 aromatic carbocycles. The van der Waals surface area contributed by atoms with Crippen LogP contribution in [0.1, 0.15) is 20.7 Å². The zero-order valence-corrected chi connectivity index (χ0v) is 18.4. The van der Waals surface area contributed by atoms with Gasteiger partial charge in [-0.15, -0.1) is 18.5 Å². The second-order valence-electron chi connectivity index (χ2n) is 6.11. The predicted octanol–water partition coefficient (Wildman–Crippen LogP) is 4.07. The zero-order chi connectivity index (χ0) is 20.3. The monoisotopic (exact) mass is 466 g/mol. The molecule has 4 rings (SSSR count). The van der Waals surface area contributed by atoms with Crippen LogP contribution in [0.2, 0.25) is 0 Å². The smallest absolute Gasteiger partial charge is 0.336 e. The Morgan fingerprint density at radius 2 is 0.931 bits per heavy atom. The fourth-order valence-electron chi connectivity index (χ4n) is 3.05. The molecule has 2 N–H and O–H groups in total. The van der Waals surface area contributed by atoms with Crippen molar-refractivity contribution >= 4 is 62.6 Å². The number of benzene rings is 4. The van der Waals surface area contributed by atoms with E-state index in [9.17, 15) is 9.59 Å². The number of rotatable bonds is 2. The van der Waals surface area contributed by atoms with Crippen molar-refractivity contribution in [3.63, 3.8) is 0 Å². The summed E-state index contributed by atoms with van der Waals surface area (Å²) in [5.41, 5.74) is 0.737. The number of fused-ring (bicyclic) bond motifs is 2. The van der Waals surface area contributed by atoms with Gasteiger partial charge in [0.2, 0.25) is 0 Å². The van der Waals surface area contributed by atoms with Gasteiger partial charge in [-0.2, -0.15) is 0 Å². The molecule has 2 unspecified atom stereocenters. The molecule has 0 aromatic heterocycles. The fourth-order valence-corrected chi connectivity index (χ4v) is 3.80. The normalized spacial score (nSPS) is 10.0. The summed E-state index contributed by atoms with van der Waals surface area (Å²) in [6.07, 6.45) is 0. The fraction of sp³-hybridized carbons (Fsp3) is 0. The molecule has 0 aliphatic rings. The summed E-state index contributed by atoms with van der Waals surface area (Å²) >= 11 is 0. The number of carbonyl (C=O) groups is 2. The van der Waals surface area contributed by atoms with Crippen molar-refractivity contribution in [2.75, 3.05) is 0 Å². The van der Waals surface area contributed by atoms with E-state index in [-0.39, 0.29) is 16.5 Å². The van der Waals surface area contributed by atoms with Gasteiger partial charge in [-0.3, -0.25) is 0 Å². The molecule has 0 amide bonds. The Labute approximate surface area is 182 Å². The average molecular weight is 467 g/mol. The van der Waals surface area contributed by atoms with E-state index in [1.54, 1.807) is 12.1 Å². The first-order chi connectivity index (χ1) is 13.4. The Morgan fingerprint density at radius 1 is 0.586 bits per heavy atom. The molecular formula is C22H18NiO4P2. The van der Waals surface area contributed by atoms with Crippen molar-refractivity contribution < 1.29 is 36.3 Å². The summed E-state index contributed by atoms with van der Waals surface area (Å²) in [6, 6.07) is 22.4. The Hall–Kier alpha value is -2.31. The zero-order valence-electron chi connectivity index (χ0n) is 15.1. The van der Waals surface area contributed by atoms with Crippen LogP contribution in [0.4, 0.5) is 0 Å². The molecule has 0 aliphatic carbocycles. The van der Waals surface area contributed by atoms with Crippen LogP contribution in [0.15, 0.2) is 72.8 Å². The molecule has 0 saturated heterocycles. The number of hydrogen-bond acceptors (Lipinski definition) is 2. The molecule has 29 heavy (non-hydrogen) atoms. The first-order valence-corrected chi connectivity index (χ1v) is 9.56. The standard InChI is InChI=1S/2C11H9O2P.Ni/c2*12-11(13)10-8-4-2-1-3-7(8)5-6-9(10)14;/h2*1-6H,14H2,(H,12,13);. The van der Waals surface area contributed by atoms with Crippen LogP contribution in [0.5, 0.6) is 0 Å². The number of carboxylic acid groups (broad SMARTS) is 2. The average Bonchev–Trinajstić information content (AvgIpc) is 2.67. The van der Waals surface area contributed by atoms with E-state index in [2.05, 4.69) is 18.5 Å². The third-order valence-corrected chi connectivity index (χ3v) is 5.31. The van der Waals surface area contributed by atoms with Crippen molar-refractivity contribution in [2.24, 2.45) is 0 Å². The van der Waals surface area contributed by atoms with Gasteiger partial charge in [-0.1, -0.05) is 72.8 Å². The van der Waals surface area contributed by atoms with Gasteiger partial charge in [0.15, 0.2) is 0 Å². The molecule has 7 heteroatoms. The molecule has 0 spiro atoms.